The lowest BCUT2D eigenvalue weighted by Gasteiger charge is -2.06. The molecule has 1 aliphatic rings. The molecule has 86 valence electrons. The molecule has 0 unspecified atom stereocenters. The zero-order chi connectivity index (χ0) is 11.5. The Morgan fingerprint density at radius 2 is 1.82 bits per heavy atom. The molecule has 6 heteroatoms. The number of hydrogen-bond donors (Lipinski definition) is 2. The highest BCUT2D eigenvalue weighted by molar-refractivity contribution is 5.55. The SMILES string of the molecule is c1cc(Nc2cc(NC3CC3)ncn2)ncn1. The van der Waals surface area contributed by atoms with Crippen molar-refractivity contribution in [2.24, 2.45) is 0 Å². The summed E-state index contributed by atoms with van der Waals surface area (Å²) in [6.45, 7) is 0. The largest absolute Gasteiger partial charge is 0.367 e. The fourth-order valence-electron chi connectivity index (χ4n) is 1.44. The van der Waals surface area contributed by atoms with Crippen LogP contribution in [-0.4, -0.2) is 26.0 Å². The Labute approximate surface area is 98.6 Å². The third-order valence-electron chi connectivity index (χ3n) is 2.43. The van der Waals surface area contributed by atoms with Gasteiger partial charge in [-0.05, 0) is 18.9 Å². The van der Waals surface area contributed by atoms with E-state index in [9.17, 15) is 0 Å². The zero-order valence-electron chi connectivity index (χ0n) is 9.17. The minimum absolute atomic E-state index is 0.580. The van der Waals surface area contributed by atoms with Crippen LogP contribution in [0.4, 0.5) is 17.5 Å². The van der Waals surface area contributed by atoms with Crippen molar-refractivity contribution in [3.8, 4) is 0 Å². The van der Waals surface area contributed by atoms with E-state index >= 15 is 0 Å². The number of rotatable bonds is 4. The number of hydrogen-bond acceptors (Lipinski definition) is 6. The van der Waals surface area contributed by atoms with Gasteiger partial charge < -0.3 is 10.6 Å². The molecule has 0 aliphatic heterocycles. The molecule has 2 N–H and O–H groups in total. The average Bonchev–Trinajstić information content (AvgIpc) is 3.15. The average molecular weight is 228 g/mol. The van der Waals surface area contributed by atoms with Crippen LogP contribution >= 0.6 is 0 Å². The minimum Gasteiger partial charge on any atom is -0.367 e. The summed E-state index contributed by atoms with van der Waals surface area (Å²) in [6.07, 6.45) is 7.15. The molecule has 0 saturated heterocycles. The maximum absolute atomic E-state index is 4.17. The second-order valence-electron chi connectivity index (χ2n) is 3.93. The first kappa shape index (κ1) is 9.95. The van der Waals surface area contributed by atoms with Crippen molar-refractivity contribution in [3.63, 3.8) is 0 Å². The van der Waals surface area contributed by atoms with E-state index in [2.05, 4.69) is 30.6 Å². The molecule has 1 aliphatic carbocycles. The first-order chi connectivity index (χ1) is 8.40. The molecule has 0 bridgehead atoms. The molecule has 2 heterocycles. The molecular weight excluding hydrogens is 216 g/mol. The standard InChI is InChI=1S/C11H12N6/c1-2-8(1)16-10-5-11(15-7-14-10)17-9-3-4-12-6-13-9/h3-8H,1-2H2,(H2,12,13,14,15,16,17). The van der Waals surface area contributed by atoms with Gasteiger partial charge in [0, 0.05) is 18.3 Å². The first-order valence-corrected chi connectivity index (χ1v) is 5.52. The summed E-state index contributed by atoms with van der Waals surface area (Å²) in [5.74, 6) is 2.29. The van der Waals surface area contributed by atoms with Crippen molar-refractivity contribution < 1.29 is 0 Å². The van der Waals surface area contributed by atoms with Crippen LogP contribution in [-0.2, 0) is 0 Å². The Balaban J connectivity index is 1.73. The van der Waals surface area contributed by atoms with E-state index in [-0.39, 0.29) is 0 Å². The van der Waals surface area contributed by atoms with E-state index in [4.69, 9.17) is 0 Å². The Kier molecular flexibility index (Phi) is 2.53. The Morgan fingerprint density at radius 3 is 2.59 bits per heavy atom. The molecule has 17 heavy (non-hydrogen) atoms. The zero-order valence-corrected chi connectivity index (χ0v) is 9.17. The van der Waals surface area contributed by atoms with Crippen LogP contribution in [0, 0.1) is 0 Å². The Bertz CT molecular complexity index is 496. The van der Waals surface area contributed by atoms with Gasteiger partial charge >= 0.3 is 0 Å². The van der Waals surface area contributed by atoms with Crippen molar-refractivity contribution in [1.82, 2.24) is 19.9 Å². The summed E-state index contributed by atoms with van der Waals surface area (Å²) in [5.41, 5.74) is 0. The maximum atomic E-state index is 4.17. The first-order valence-electron chi connectivity index (χ1n) is 5.52. The van der Waals surface area contributed by atoms with Crippen LogP contribution in [0.5, 0.6) is 0 Å². The summed E-state index contributed by atoms with van der Waals surface area (Å²) in [6, 6.07) is 4.24. The van der Waals surface area contributed by atoms with Crippen molar-refractivity contribution in [2.75, 3.05) is 10.6 Å². The maximum Gasteiger partial charge on any atom is 0.137 e. The highest BCUT2D eigenvalue weighted by Crippen LogP contribution is 2.24. The number of nitrogens with zero attached hydrogens (tertiary/aromatic N) is 4. The molecule has 0 atom stereocenters. The number of anilines is 3. The molecule has 2 aromatic heterocycles. The molecule has 6 nitrogen and oxygen atoms in total. The van der Waals surface area contributed by atoms with Gasteiger partial charge in [-0.25, -0.2) is 19.9 Å². The van der Waals surface area contributed by atoms with Gasteiger partial charge in [0.1, 0.15) is 30.1 Å². The predicted molar refractivity (Wildman–Crippen MR) is 64.0 cm³/mol. The summed E-state index contributed by atoms with van der Waals surface area (Å²) >= 11 is 0. The molecule has 1 fully saturated rings. The van der Waals surface area contributed by atoms with Gasteiger partial charge in [0.05, 0.1) is 0 Å². The van der Waals surface area contributed by atoms with E-state index in [0.717, 1.165) is 17.5 Å². The predicted octanol–water partition coefficient (Wildman–Crippen LogP) is 1.58. The normalized spacial score (nSPS) is 14.4. The molecule has 0 aromatic carbocycles. The van der Waals surface area contributed by atoms with Crippen molar-refractivity contribution in [1.29, 1.82) is 0 Å². The molecule has 2 aromatic rings. The van der Waals surface area contributed by atoms with Crippen LogP contribution < -0.4 is 10.6 Å². The quantitative estimate of drug-likeness (QED) is 0.827. The van der Waals surface area contributed by atoms with E-state index in [0.29, 0.717) is 6.04 Å². The van der Waals surface area contributed by atoms with E-state index < -0.39 is 0 Å². The highest BCUT2D eigenvalue weighted by Gasteiger charge is 2.21. The van der Waals surface area contributed by atoms with Crippen LogP contribution in [0.2, 0.25) is 0 Å². The Hall–Kier alpha value is -2.24. The fraction of sp³-hybridized carbons (Fsp3) is 0.273. The topological polar surface area (TPSA) is 75.6 Å². The summed E-state index contributed by atoms with van der Waals surface area (Å²) in [5, 5.41) is 6.41. The molecule has 0 amide bonds. The van der Waals surface area contributed by atoms with Gasteiger partial charge in [-0.15, -0.1) is 0 Å². The third kappa shape index (κ3) is 2.66. The lowest BCUT2D eigenvalue weighted by Crippen LogP contribution is -2.04. The van der Waals surface area contributed by atoms with Crippen molar-refractivity contribution in [3.05, 3.63) is 31.0 Å². The van der Waals surface area contributed by atoms with Gasteiger partial charge in [-0.3, -0.25) is 0 Å². The molecule has 3 rings (SSSR count). The highest BCUT2D eigenvalue weighted by atomic mass is 15.1. The fourth-order valence-corrected chi connectivity index (χ4v) is 1.44. The number of nitrogens with one attached hydrogen (secondary N) is 2. The number of aromatic nitrogens is 4. The molecular formula is C11H12N6. The van der Waals surface area contributed by atoms with Crippen LogP contribution in [0.1, 0.15) is 12.8 Å². The van der Waals surface area contributed by atoms with Crippen molar-refractivity contribution in [2.45, 2.75) is 18.9 Å². The van der Waals surface area contributed by atoms with Gasteiger partial charge in [0.15, 0.2) is 0 Å². The van der Waals surface area contributed by atoms with Crippen molar-refractivity contribution >= 4 is 17.5 Å². The van der Waals surface area contributed by atoms with E-state index in [1.165, 1.54) is 25.5 Å². The van der Waals surface area contributed by atoms with Crippen LogP contribution in [0.15, 0.2) is 31.0 Å². The smallest absolute Gasteiger partial charge is 0.137 e. The second kappa shape index (κ2) is 4.32. The lowest BCUT2D eigenvalue weighted by atomic mass is 10.5. The molecule has 0 radical (unpaired) electrons. The third-order valence-corrected chi connectivity index (χ3v) is 2.43. The molecule has 1 saturated carbocycles. The lowest BCUT2D eigenvalue weighted by molar-refractivity contribution is 1.08. The van der Waals surface area contributed by atoms with Gasteiger partial charge in [0.25, 0.3) is 0 Å². The summed E-state index contributed by atoms with van der Waals surface area (Å²) in [7, 11) is 0. The van der Waals surface area contributed by atoms with E-state index in [1.54, 1.807) is 12.3 Å². The summed E-state index contributed by atoms with van der Waals surface area (Å²) < 4.78 is 0. The Morgan fingerprint density at radius 1 is 1.00 bits per heavy atom. The second-order valence-corrected chi connectivity index (χ2v) is 3.93. The van der Waals surface area contributed by atoms with Crippen LogP contribution in [0.3, 0.4) is 0 Å². The van der Waals surface area contributed by atoms with Gasteiger partial charge in [-0.2, -0.15) is 0 Å². The van der Waals surface area contributed by atoms with Gasteiger partial charge in [-0.1, -0.05) is 0 Å². The monoisotopic (exact) mass is 228 g/mol. The van der Waals surface area contributed by atoms with Gasteiger partial charge in [0.2, 0.25) is 0 Å². The van der Waals surface area contributed by atoms with Crippen LogP contribution in [0.25, 0.3) is 0 Å². The molecule has 0 spiro atoms. The van der Waals surface area contributed by atoms with E-state index in [1.807, 2.05) is 6.07 Å². The minimum atomic E-state index is 0.580. The summed E-state index contributed by atoms with van der Waals surface area (Å²) in [4.78, 5) is 16.2.